The molecule has 7 nitrogen and oxygen atoms in total. The number of nitriles is 1. The van der Waals surface area contributed by atoms with Crippen LogP contribution < -0.4 is 9.64 Å². The van der Waals surface area contributed by atoms with Crippen molar-refractivity contribution in [2.24, 2.45) is 17.8 Å². The zero-order valence-corrected chi connectivity index (χ0v) is 22.6. The van der Waals surface area contributed by atoms with Crippen molar-refractivity contribution in [3.05, 3.63) is 66.0 Å². The Labute approximate surface area is 231 Å². The van der Waals surface area contributed by atoms with Gasteiger partial charge in [-0.05, 0) is 68.2 Å². The molecule has 39 heavy (non-hydrogen) atoms. The van der Waals surface area contributed by atoms with Crippen LogP contribution in [0.25, 0.3) is 0 Å². The molecule has 0 aliphatic heterocycles. The Balaban J connectivity index is 1.37. The van der Waals surface area contributed by atoms with Crippen molar-refractivity contribution in [3.63, 3.8) is 0 Å². The molecule has 204 valence electrons. The van der Waals surface area contributed by atoms with E-state index in [1.54, 1.807) is 30.3 Å². The predicted molar refractivity (Wildman–Crippen MR) is 144 cm³/mol. The summed E-state index contributed by atoms with van der Waals surface area (Å²) in [5, 5.41) is 18.4. The second kappa shape index (κ2) is 12.2. The lowest BCUT2D eigenvalue weighted by atomic mass is 9.84. The van der Waals surface area contributed by atoms with Gasteiger partial charge in [0.05, 0.1) is 23.9 Å². The van der Waals surface area contributed by atoms with Crippen molar-refractivity contribution in [1.29, 1.82) is 5.26 Å². The number of thioether (sulfide) groups is 1. The molecular formula is C29H31F2N5O2S. The fourth-order valence-electron chi connectivity index (χ4n) is 6.11. The quantitative estimate of drug-likeness (QED) is 0.265. The van der Waals surface area contributed by atoms with Crippen LogP contribution >= 0.6 is 11.8 Å². The van der Waals surface area contributed by atoms with Gasteiger partial charge in [-0.25, -0.2) is 8.78 Å². The zero-order chi connectivity index (χ0) is 27.4. The van der Waals surface area contributed by atoms with E-state index in [2.05, 4.69) is 17.1 Å². The summed E-state index contributed by atoms with van der Waals surface area (Å²) in [5.74, 6) is 1.28. The first kappa shape index (κ1) is 27.1. The number of halogens is 2. The van der Waals surface area contributed by atoms with Gasteiger partial charge in [-0.15, -0.1) is 10.2 Å². The number of amides is 1. The van der Waals surface area contributed by atoms with Gasteiger partial charge in [-0.1, -0.05) is 42.4 Å². The lowest BCUT2D eigenvalue weighted by molar-refractivity contribution is -0.116. The second-order valence-electron chi connectivity index (χ2n) is 10.3. The number of aromatic nitrogens is 3. The van der Waals surface area contributed by atoms with Crippen LogP contribution in [0.3, 0.4) is 0 Å². The third-order valence-corrected chi connectivity index (χ3v) is 8.89. The summed E-state index contributed by atoms with van der Waals surface area (Å²) >= 11 is 1.23. The smallest absolute Gasteiger partial charge is 0.237 e. The van der Waals surface area contributed by atoms with Crippen LogP contribution in [0.2, 0.25) is 0 Å². The van der Waals surface area contributed by atoms with Gasteiger partial charge in [0.25, 0.3) is 0 Å². The van der Waals surface area contributed by atoms with Crippen LogP contribution in [0.1, 0.15) is 50.9 Å². The van der Waals surface area contributed by atoms with Gasteiger partial charge in [0, 0.05) is 12.6 Å². The molecule has 2 aromatic carbocycles. The molecule has 0 N–H and O–H groups in total. The first-order chi connectivity index (χ1) is 19.0. The Morgan fingerprint density at radius 2 is 1.92 bits per heavy atom. The summed E-state index contributed by atoms with van der Waals surface area (Å²) in [6, 6.07) is 14.4. The van der Waals surface area contributed by atoms with Gasteiger partial charge in [-0.2, -0.15) is 5.26 Å². The summed E-state index contributed by atoms with van der Waals surface area (Å²) in [6.45, 7) is 2.29. The average Bonchev–Trinajstić information content (AvgIpc) is 3.68. The van der Waals surface area contributed by atoms with Crippen LogP contribution in [-0.2, 0) is 11.4 Å². The normalized spacial score (nSPS) is 20.5. The fraction of sp³-hybridized carbons (Fsp3) is 0.448. The number of hydrogen-bond acceptors (Lipinski definition) is 6. The van der Waals surface area contributed by atoms with E-state index in [9.17, 15) is 13.6 Å². The molecular weight excluding hydrogens is 520 g/mol. The molecule has 2 aliphatic carbocycles. The van der Waals surface area contributed by atoms with Crippen molar-refractivity contribution in [1.82, 2.24) is 14.8 Å². The number of hydrogen-bond donors (Lipinski definition) is 0. The second-order valence-corrected chi connectivity index (χ2v) is 11.2. The molecule has 10 heteroatoms. The summed E-state index contributed by atoms with van der Waals surface area (Å²) in [7, 11) is 0. The fourth-order valence-corrected chi connectivity index (χ4v) is 7.03. The number of fused-ring (bicyclic) bond motifs is 2. The van der Waals surface area contributed by atoms with E-state index in [4.69, 9.17) is 10.00 Å². The number of para-hydroxylation sites is 2. The molecule has 5 rings (SSSR count). The Bertz CT molecular complexity index is 1360. The molecule has 0 radical (unpaired) electrons. The van der Waals surface area contributed by atoms with Crippen LogP contribution in [0.5, 0.6) is 5.75 Å². The number of nitrogens with zero attached hydrogens (tertiary/aromatic N) is 5. The molecule has 1 aromatic heterocycles. The maximum Gasteiger partial charge on any atom is 0.237 e. The minimum Gasteiger partial charge on any atom is -0.483 e. The highest BCUT2D eigenvalue weighted by Gasteiger charge is 2.43. The van der Waals surface area contributed by atoms with E-state index >= 15 is 0 Å². The van der Waals surface area contributed by atoms with Crippen molar-refractivity contribution < 1.29 is 18.3 Å². The lowest BCUT2D eigenvalue weighted by Crippen LogP contribution is -2.34. The standard InChI is InChI=1S/C29H31F2N5O2S/c1-19(22-16-20-11-12-21(22)15-20)36-27(17-38-26-10-5-3-8-24(26)31)33-34-29(36)39-18-28(37)35(14-6-13-32)25-9-4-2-7-23(25)30/h2-5,7-10,19-22H,6,11-12,14-18H2,1H3/t19-,20-,21-,22-/m1/s1. The Hall–Kier alpha value is -3.45. The number of carbonyl (C=O) groups is 1. The maximum atomic E-state index is 14.5. The van der Waals surface area contributed by atoms with E-state index in [0.29, 0.717) is 22.8 Å². The number of rotatable bonds is 11. The summed E-state index contributed by atoms with van der Waals surface area (Å²) in [5.41, 5.74) is 0.147. The van der Waals surface area contributed by atoms with Crippen molar-refractivity contribution in [2.75, 3.05) is 17.2 Å². The van der Waals surface area contributed by atoms with E-state index in [-0.39, 0.29) is 48.7 Å². The van der Waals surface area contributed by atoms with E-state index in [1.807, 2.05) is 10.6 Å². The number of anilines is 1. The summed E-state index contributed by atoms with van der Waals surface area (Å²) < 4.78 is 36.5. The van der Waals surface area contributed by atoms with E-state index in [0.717, 1.165) is 12.3 Å². The maximum absolute atomic E-state index is 14.5. The Morgan fingerprint density at radius 1 is 1.15 bits per heavy atom. The molecule has 1 heterocycles. The molecule has 2 saturated carbocycles. The third-order valence-electron chi connectivity index (χ3n) is 7.96. The molecule has 4 atom stereocenters. The van der Waals surface area contributed by atoms with Crippen molar-refractivity contribution >= 4 is 23.4 Å². The van der Waals surface area contributed by atoms with Gasteiger partial charge >= 0.3 is 0 Å². The Morgan fingerprint density at radius 3 is 2.62 bits per heavy atom. The summed E-state index contributed by atoms with van der Waals surface area (Å²) in [4.78, 5) is 14.6. The third kappa shape index (κ3) is 5.93. The first-order valence-corrected chi connectivity index (χ1v) is 14.3. The van der Waals surface area contributed by atoms with Crippen LogP contribution in [0, 0.1) is 40.7 Å². The zero-order valence-electron chi connectivity index (χ0n) is 21.8. The predicted octanol–water partition coefficient (Wildman–Crippen LogP) is 6.17. The largest absolute Gasteiger partial charge is 0.483 e. The molecule has 2 fully saturated rings. The molecule has 2 aliphatic rings. The molecule has 0 spiro atoms. The van der Waals surface area contributed by atoms with Crippen LogP contribution in [-0.4, -0.2) is 33.0 Å². The lowest BCUT2D eigenvalue weighted by Gasteiger charge is -2.30. The first-order valence-electron chi connectivity index (χ1n) is 13.3. The monoisotopic (exact) mass is 551 g/mol. The topological polar surface area (TPSA) is 84.0 Å². The van der Waals surface area contributed by atoms with Gasteiger partial charge in [-0.3, -0.25) is 9.36 Å². The van der Waals surface area contributed by atoms with Gasteiger partial charge in [0.1, 0.15) is 12.4 Å². The minimum atomic E-state index is -0.519. The highest BCUT2D eigenvalue weighted by molar-refractivity contribution is 7.99. The SMILES string of the molecule is C[C@H]([C@H]1C[C@@H]2CC[C@@H]1C2)n1c(COc2ccccc2F)nnc1SCC(=O)N(CCC#N)c1ccccc1F. The van der Waals surface area contributed by atoms with Crippen LogP contribution in [0.4, 0.5) is 14.5 Å². The molecule has 0 unspecified atom stereocenters. The van der Waals surface area contributed by atoms with E-state index in [1.165, 1.54) is 54.1 Å². The number of carbonyl (C=O) groups excluding carboxylic acids is 1. The molecule has 0 saturated heterocycles. The number of benzene rings is 2. The molecule has 2 bridgehead atoms. The van der Waals surface area contributed by atoms with Gasteiger partial charge < -0.3 is 9.64 Å². The van der Waals surface area contributed by atoms with Gasteiger partial charge in [0.2, 0.25) is 5.91 Å². The highest BCUT2D eigenvalue weighted by Crippen LogP contribution is 2.52. The minimum absolute atomic E-state index is 0.00446. The van der Waals surface area contributed by atoms with Crippen molar-refractivity contribution in [2.45, 2.75) is 56.8 Å². The average molecular weight is 552 g/mol. The Kier molecular flexibility index (Phi) is 8.46. The number of ether oxygens (including phenoxy) is 1. The van der Waals surface area contributed by atoms with Crippen LogP contribution in [0.15, 0.2) is 53.7 Å². The summed E-state index contributed by atoms with van der Waals surface area (Å²) in [6.07, 6.45) is 4.98. The molecule has 1 amide bonds. The highest BCUT2D eigenvalue weighted by atomic mass is 32.2. The van der Waals surface area contributed by atoms with Gasteiger partial charge in [0.15, 0.2) is 22.5 Å². The van der Waals surface area contributed by atoms with E-state index < -0.39 is 11.6 Å². The van der Waals surface area contributed by atoms with Crippen molar-refractivity contribution in [3.8, 4) is 11.8 Å². The molecule has 3 aromatic rings.